The molecule has 3 aromatic rings. The van der Waals surface area contributed by atoms with Gasteiger partial charge < -0.3 is 15.1 Å². The summed E-state index contributed by atoms with van der Waals surface area (Å²) in [6.07, 6.45) is 2.63. The molecule has 8 nitrogen and oxygen atoms in total. The minimum Gasteiger partial charge on any atom is -0.340 e. The first-order chi connectivity index (χ1) is 18.7. The number of nitrogens with zero attached hydrogens (tertiary/aromatic N) is 2. The number of nitrogens with one attached hydrogen (secondary N) is 2. The predicted octanol–water partition coefficient (Wildman–Crippen LogP) is 4.01. The molecule has 2 fully saturated rings. The van der Waals surface area contributed by atoms with Crippen LogP contribution in [0, 0.1) is 12.8 Å². The van der Waals surface area contributed by atoms with Gasteiger partial charge in [-0.3, -0.25) is 9.59 Å². The van der Waals surface area contributed by atoms with Crippen LogP contribution in [0.2, 0.25) is 0 Å². The maximum absolute atomic E-state index is 13.5. The summed E-state index contributed by atoms with van der Waals surface area (Å²) in [4.78, 5) is 30.3. The third-order valence-electron chi connectivity index (χ3n) is 8.02. The Morgan fingerprint density at radius 1 is 0.821 bits per heavy atom. The number of aryl methyl sites for hydroxylation is 1. The van der Waals surface area contributed by atoms with Crippen molar-refractivity contribution in [2.24, 2.45) is 5.92 Å². The van der Waals surface area contributed by atoms with Crippen molar-refractivity contribution < 1.29 is 18.0 Å². The van der Waals surface area contributed by atoms with E-state index in [1.54, 1.807) is 30.3 Å². The molecule has 1 aliphatic heterocycles. The van der Waals surface area contributed by atoms with Gasteiger partial charge in [0.05, 0.1) is 4.90 Å². The van der Waals surface area contributed by atoms with E-state index < -0.39 is 10.0 Å². The molecule has 2 N–H and O–H groups in total. The number of benzene rings is 3. The Hall–Kier alpha value is -3.27. The quantitative estimate of drug-likeness (QED) is 0.485. The topological polar surface area (TPSA) is 98.8 Å². The highest BCUT2D eigenvalue weighted by molar-refractivity contribution is 7.89. The first-order valence-corrected chi connectivity index (χ1v) is 15.1. The second-order valence-corrected chi connectivity index (χ2v) is 12.4. The number of carbonyl (C=O) groups is 2. The summed E-state index contributed by atoms with van der Waals surface area (Å²) in [5, 5.41) is 4.16. The number of fused-ring (bicyclic) bond motifs is 1. The molecule has 0 aromatic heterocycles. The van der Waals surface area contributed by atoms with Crippen molar-refractivity contribution in [2.45, 2.75) is 43.5 Å². The van der Waals surface area contributed by atoms with Crippen LogP contribution in [-0.4, -0.2) is 69.3 Å². The Labute approximate surface area is 230 Å². The molecule has 2 amide bonds. The lowest BCUT2D eigenvalue weighted by molar-refractivity contribution is -0.138. The zero-order chi connectivity index (χ0) is 27.6. The van der Waals surface area contributed by atoms with Gasteiger partial charge in [0, 0.05) is 60.2 Å². The number of amides is 2. The average Bonchev–Trinajstić information content (AvgIpc) is 2.93. The lowest BCUT2D eigenvalue weighted by Crippen LogP contribution is -2.50. The molecule has 39 heavy (non-hydrogen) atoms. The van der Waals surface area contributed by atoms with Gasteiger partial charge >= 0.3 is 0 Å². The number of piperazine rings is 1. The zero-order valence-electron chi connectivity index (χ0n) is 22.5. The van der Waals surface area contributed by atoms with Gasteiger partial charge in [0.15, 0.2) is 0 Å². The summed E-state index contributed by atoms with van der Waals surface area (Å²) in [6.45, 7) is 5.18. The van der Waals surface area contributed by atoms with E-state index in [9.17, 15) is 18.0 Å². The maximum Gasteiger partial charge on any atom is 0.255 e. The molecule has 5 rings (SSSR count). The highest BCUT2D eigenvalue weighted by atomic mass is 32.2. The zero-order valence-corrected chi connectivity index (χ0v) is 23.3. The second-order valence-electron chi connectivity index (χ2n) is 10.7. The molecule has 1 aliphatic carbocycles. The van der Waals surface area contributed by atoms with Gasteiger partial charge in [0.1, 0.15) is 0 Å². The smallest absolute Gasteiger partial charge is 0.255 e. The Morgan fingerprint density at radius 2 is 1.46 bits per heavy atom. The van der Waals surface area contributed by atoms with Crippen LogP contribution in [0.1, 0.15) is 41.6 Å². The molecule has 2 aliphatic rings. The van der Waals surface area contributed by atoms with Gasteiger partial charge in [-0.05, 0) is 63.4 Å². The summed E-state index contributed by atoms with van der Waals surface area (Å²) >= 11 is 0. The van der Waals surface area contributed by atoms with Crippen LogP contribution in [0.15, 0.2) is 65.6 Å². The number of rotatable bonds is 6. The molecule has 0 bridgehead atoms. The SMILES string of the molecule is Cc1ccccc1C(=O)Nc1ccc(S(=O)(=O)NC2CCC(C(=O)N3CCN(C)CC3)CC2)c2ccccc12. The van der Waals surface area contributed by atoms with Gasteiger partial charge in [-0.25, -0.2) is 13.1 Å². The molecule has 206 valence electrons. The van der Waals surface area contributed by atoms with Crippen LogP contribution < -0.4 is 10.0 Å². The van der Waals surface area contributed by atoms with E-state index in [2.05, 4.69) is 22.0 Å². The lowest BCUT2D eigenvalue weighted by Gasteiger charge is -2.36. The van der Waals surface area contributed by atoms with Gasteiger partial charge in [-0.2, -0.15) is 0 Å². The normalized spacial score (nSPS) is 20.6. The summed E-state index contributed by atoms with van der Waals surface area (Å²) < 4.78 is 30.0. The summed E-state index contributed by atoms with van der Waals surface area (Å²) in [6, 6.07) is 17.5. The molecule has 1 saturated carbocycles. The Kier molecular flexibility index (Phi) is 8.02. The number of carbonyl (C=O) groups excluding carboxylic acids is 2. The van der Waals surface area contributed by atoms with E-state index in [-0.39, 0.29) is 28.7 Å². The number of hydrogen-bond acceptors (Lipinski definition) is 5. The second kappa shape index (κ2) is 11.5. The van der Waals surface area contributed by atoms with Crippen LogP contribution in [0.5, 0.6) is 0 Å². The molecule has 0 radical (unpaired) electrons. The fourth-order valence-electron chi connectivity index (χ4n) is 5.66. The summed E-state index contributed by atoms with van der Waals surface area (Å²) in [5.74, 6) is -0.0697. The van der Waals surface area contributed by atoms with Crippen molar-refractivity contribution in [3.63, 3.8) is 0 Å². The third kappa shape index (κ3) is 6.00. The molecule has 3 aromatic carbocycles. The van der Waals surface area contributed by atoms with Crippen LogP contribution in [0.25, 0.3) is 10.8 Å². The largest absolute Gasteiger partial charge is 0.340 e. The maximum atomic E-state index is 13.5. The van der Waals surface area contributed by atoms with E-state index in [1.165, 1.54) is 0 Å². The highest BCUT2D eigenvalue weighted by Crippen LogP contribution is 2.32. The lowest BCUT2D eigenvalue weighted by atomic mass is 9.85. The van der Waals surface area contributed by atoms with Crippen LogP contribution in [0.4, 0.5) is 5.69 Å². The standard InChI is InChI=1S/C30H36N4O4S/c1-21-7-3-4-8-24(21)29(35)31-27-15-16-28(26-10-6-5-9-25(26)27)39(37,38)32-23-13-11-22(12-14-23)30(36)34-19-17-33(2)18-20-34/h3-10,15-16,22-23,32H,11-14,17-20H2,1-2H3,(H,31,35). The van der Waals surface area contributed by atoms with E-state index in [0.717, 1.165) is 31.7 Å². The Balaban J connectivity index is 1.28. The summed E-state index contributed by atoms with van der Waals surface area (Å²) in [5.41, 5.74) is 1.99. The highest BCUT2D eigenvalue weighted by Gasteiger charge is 2.32. The average molecular weight is 549 g/mol. The van der Waals surface area contributed by atoms with Gasteiger partial charge in [0.25, 0.3) is 5.91 Å². The van der Waals surface area contributed by atoms with E-state index >= 15 is 0 Å². The minimum atomic E-state index is -3.82. The van der Waals surface area contributed by atoms with Crippen molar-refractivity contribution in [3.05, 3.63) is 71.8 Å². The number of anilines is 1. The van der Waals surface area contributed by atoms with Gasteiger partial charge in [-0.15, -0.1) is 0 Å². The molecule has 0 spiro atoms. The molecule has 0 unspecified atom stereocenters. The number of sulfonamides is 1. The van der Waals surface area contributed by atoms with E-state index in [4.69, 9.17) is 0 Å². The van der Waals surface area contributed by atoms with Crippen LogP contribution in [-0.2, 0) is 14.8 Å². The van der Waals surface area contributed by atoms with Gasteiger partial charge in [0.2, 0.25) is 15.9 Å². The van der Waals surface area contributed by atoms with Crippen LogP contribution >= 0.6 is 0 Å². The molecule has 9 heteroatoms. The van der Waals surface area contributed by atoms with Gasteiger partial charge in [-0.1, -0.05) is 42.5 Å². The molecular formula is C30H36N4O4S. The predicted molar refractivity (Wildman–Crippen MR) is 153 cm³/mol. The number of hydrogen-bond donors (Lipinski definition) is 2. The first-order valence-electron chi connectivity index (χ1n) is 13.6. The van der Waals surface area contributed by atoms with Crippen molar-refractivity contribution >= 4 is 38.3 Å². The first kappa shape index (κ1) is 27.3. The Bertz CT molecular complexity index is 1470. The van der Waals surface area contributed by atoms with E-state index in [0.29, 0.717) is 47.7 Å². The number of likely N-dealkylation sites (N-methyl/N-ethyl adjacent to an activating group) is 1. The molecule has 0 atom stereocenters. The monoisotopic (exact) mass is 548 g/mol. The fraction of sp³-hybridized carbons (Fsp3) is 0.400. The van der Waals surface area contributed by atoms with Crippen molar-refractivity contribution in [3.8, 4) is 0 Å². The molecule has 1 saturated heterocycles. The van der Waals surface area contributed by atoms with E-state index in [1.807, 2.05) is 42.2 Å². The van der Waals surface area contributed by atoms with Crippen LogP contribution in [0.3, 0.4) is 0 Å². The van der Waals surface area contributed by atoms with Crippen molar-refractivity contribution in [2.75, 3.05) is 38.5 Å². The minimum absolute atomic E-state index is 0.0360. The molecule has 1 heterocycles. The third-order valence-corrected chi connectivity index (χ3v) is 9.60. The summed E-state index contributed by atoms with van der Waals surface area (Å²) in [7, 11) is -1.75. The van der Waals surface area contributed by atoms with Crippen molar-refractivity contribution in [1.29, 1.82) is 0 Å². The Morgan fingerprint density at radius 3 is 2.15 bits per heavy atom. The fourth-order valence-corrected chi connectivity index (χ4v) is 7.17. The molecular weight excluding hydrogens is 512 g/mol. The van der Waals surface area contributed by atoms with Crippen molar-refractivity contribution in [1.82, 2.24) is 14.5 Å².